The van der Waals surface area contributed by atoms with Gasteiger partial charge in [-0.05, 0) is 69.2 Å². The molecule has 0 saturated carbocycles. The Bertz CT molecular complexity index is 2190. The topological polar surface area (TPSA) is 41.1 Å². The minimum absolute atomic E-state index is 0. The van der Waals surface area contributed by atoms with Gasteiger partial charge in [-0.25, -0.2) is 6.17 Å². The van der Waals surface area contributed by atoms with Crippen molar-refractivity contribution >= 4 is 53.1 Å². The summed E-state index contributed by atoms with van der Waals surface area (Å²) in [5.74, 6) is 0.523. The van der Waals surface area contributed by atoms with E-state index in [4.69, 9.17) is 4.98 Å². The molecule has 2 aromatic heterocycles. The first-order valence-corrected chi connectivity index (χ1v) is 19.8. The van der Waals surface area contributed by atoms with Crippen LogP contribution in [0.3, 0.4) is 0 Å². The summed E-state index contributed by atoms with van der Waals surface area (Å²) in [6.07, 6.45) is 4.64. The molecule has 0 bridgehead atoms. The molecule has 52 heavy (non-hydrogen) atoms. The van der Waals surface area contributed by atoms with Crippen molar-refractivity contribution in [2.75, 3.05) is 0 Å². The molecule has 7 rings (SSSR count). The minimum atomic E-state index is 0. The Balaban J connectivity index is 0.000000349. The number of hydrogen-bond donors (Lipinski definition) is 0. The fourth-order valence-electron chi connectivity index (χ4n) is 7.73. The van der Waals surface area contributed by atoms with Crippen molar-refractivity contribution in [3.63, 3.8) is 0 Å². The van der Waals surface area contributed by atoms with Crippen molar-refractivity contribution < 1.29 is 20.1 Å². The number of thiophene rings is 1. The molecule has 276 valence electrons. The maximum Gasteiger partial charge on any atom is 3.00 e. The number of aromatic nitrogens is 1. The summed E-state index contributed by atoms with van der Waals surface area (Å²) in [5.41, 5.74) is 6.93. The number of fused-ring (bicyclic) bond motifs is 7. The molecule has 2 heterocycles. The van der Waals surface area contributed by atoms with Gasteiger partial charge in [-0.2, -0.15) is 0 Å². The standard InChI is InChI=1S/C37H36NS.C10H22N2.Ir/c1-35(2,3)29-19-23(18-22-10-8-9-11-24(22)29)33-25-12-13-26-28-20-30-31(37(6,7)16-15-36(30,4)5)21-32(28)39-34(26)27(25)14-17-38-33;1-7(2)10(11-8(3)4)12-9(5)6;/h8-14,17,19-21H,15-16H2,1-7H3;7-10H,1-6H3;/q-1;-2;+3. The number of nitrogens with zero attached hydrogens (tertiary/aromatic N) is 3. The SMILES string of the molecule is CC(C)(C)c1cc(-c2nccc3c2ccc2c4cc5c(cc4sc32)C(C)(C)CCC5(C)C)[c-]c2ccccc12.CC(C)[N-]C([N-]C(C)C)C(C)C.[Ir+3]. The van der Waals surface area contributed by atoms with E-state index < -0.39 is 0 Å². The summed E-state index contributed by atoms with van der Waals surface area (Å²) in [7, 11) is 0. The van der Waals surface area contributed by atoms with E-state index in [1.54, 1.807) is 0 Å². The molecule has 6 aromatic rings. The fraction of sp³-hybridized carbons (Fsp3) is 0.468. The molecule has 0 unspecified atom stereocenters. The van der Waals surface area contributed by atoms with E-state index in [2.05, 4.69) is 167 Å². The first kappa shape index (κ1) is 40.5. The summed E-state index contributed by atoms with van der Waals surface area (Å²) in [5, 5.41) is 16.8. The Kier molecular flexibility index (Phi) is 11.9. The van der Waals surface area contributed by atoms with Gasteiger partial charge in [0, 0.05) is 32.1 Å². The summed E-state index contributed by atoms with van der Waals surface area (Å²) in [6.45, 7) is 29.3. The molecule has 0 radical (unpaired) electrons. The van der Waals surface area contributed by atoms with E-state index in [1.807, 2.05) is 17.5 Å². The van der Waals surface area contributed by atoms with E-state index in [0.717, 1.165) is 16.6 Å². The van der Waals surface area contributed by atoms with Crippen molar-refractivity contribution in [2.24, 2.45) is 5.92 Å². The maximum absolute atomic E-state index is 4.94. The molecule has 0 saturated heterocycles. The van der Waals surface area contributed by atoms with Crippen LogP contribution in [0.5, 0.6) is 0 Å². The van der Waals surface area contributed by atoms with Crippen LogP contribution in [0.2, 0.25) is 0 Å². The monoisotopic (exact) mass is 889 g/mol. The molecule has 0 N–H and O–H groups in total. The Hall–Kier alpha value is -2.66. The van der Waals surface area contributed by atoms with Crippen molar-refractivity contribution in [3.05, 3.63) is 100 Å². The Morgan fingerprint density at radius 1 is 0.712 bits per heavy atom. The molecular formula is C47H58IrN3S. The second-order valence-corrected chi connectivity index (χ2v) is 19.0. The molecule has 3 nitrogen and oxygen atoms in total. The van der Waals surface area contributed by atoms with E-state index in [0.29, 0.717) is 18.0 Å². The molecule has 0 amide bonds. The third-order valence-corrected chi connectivity index (χ3v) is 11.9. The third-order valence-electron chi connectivity index (χ3n) is 10.7. The van der Waals surface area contributed by atoms with E-state index in [-0.39, 0.29) is 42.5 Å². The van der Waals surface area contributed by atoms with Crippen molar-refractivity contribution in [2.45, 2.75) is 137 Å². The molecular weight excluding hydrogens is 831 g/mol. The quantitative estimate of drug-likeness (QED) is 0.154. The van der Waals surface area contributed by atoms with Crippen molar-refractivity contribution in [1.29, 1.82) is 0 Å². The molecule has 0 spiro atoms. The number of rotatable bonds is 6. The summed E-state index contributed by atoms with van der Waals surface area (Å²) in [6, 6.07) is 27.3. The Morgan fingerprint density at radius 2 is 1.29 bits per heavy atom. The Labute approximate surface area is 331 Å². The van der Waals surface area contributed by atoms with Gasteiger partial charge in [0.25, 0.3) is 0 Å². The van der Waals surface area contributed by atoms with Crippen LogP contribution in [-0.4, -0.2) is 23.2 Å². The molecule has 0 atom stereocenters. The average molecular weight is 889 g/mol. The Morgan fingerprint density at radius 3 is 1.88 bits per heavy atom. The molecule has 1 aliphatic carbocycles. The predicted octanol–water partition coefficient (Wildman–Crippen LogP) is 14.4. The van der Waals surface area contributed by atoms with Gasteiger partial charge in [-0.15, -0.1) is 52.6 Å². The van der Waals surface area contributed by atoms with Gasteiger partial charge in [0.05, 0.1) is 0 Å². The molecule has 5 heteroatoms. The number of benzene rings is 4. The van der Waals surface area contributed by atoms with Crippen LogP contribution < -0.4 is 0 Å². The van der Waals surface area contributed by atoms with Gasteiger partial charge in [-0.1, -0.05) is 137 Å². The molecule has 0 aliphatic heterocycles. The largest absolute Gasteiger partial charge is 3.00 e. The van der Waals surface area contributed by atoms with Crippen LogP contribution in [0.1, 0.15) is 120 Å². The van der Waals surface area contributed by atoms with Crippen LogP contribution in [0.4, 0.5) is 0 Å². The van der Waals surface area contributed by atoms with Gasteiger partial charge in [-0.3, -0.25) is 4.98 Å². The predicted molar refractivity (Wildman–Crippen MR) is 226 cm³/mol. The zero-order valence-corrected chi connectivity index (χ0v) is 36.9. The van der Waals surface area contributed by atoms with Crippen LogP contribution >= 0.6 is 11.3 Å². The second-order valence-electron chi connectivity index (χ2n) is 18.0. The smallest absolute Gasteiger partial charge is 0.675 e. The zero-order chi connectivity index (χ0) is 37.0. The number of pyridine rings is 1. The van der Waals surface area contributed by atoms with Gasteiger partial charge >= 0.3 is 20.1 Å². The van der Waals surface area contributed by atoms with Crippen LogP contribution in [0, 0.1) is 12.0 Å². The van der Waals surface area contributed by atoms with Gasteiger partial charge in [0.15, 0.2) is 0 Å². The van der Waals surface area contributed by atoms with Crippen molar-refractivity contribution in [1.82, 2.24) is 4.98 Å². The summed E-state index contributed by atoms with van der Waals surface area (Å²) >= 11 is 1.94. The van der Waals surface area contributed by atoms with Gasteiger partial charge in [0.2, 0.25) is 0 Å². The van der Waals surface area contributed by atoms with E-state index in [9.17, 15) is 0 Å². The zero-order valence-electron chi connectivity index (χ0n) is 33.7. The molecule has 0 fully saturated rings. The summed E-state index contributed by atoms with van der Waals surface area (Å²) in [4.78, 5) is 4.94. The normalized spacial score (nSPS) is 15.5. The second kappa shape index (κ2) is 15.2. The van der Waals surface area contributed by atoms with Crippen LogP contribution in [0.25, 0.3) is 63.6 Å². The maximum atomic E-state index is 4.94. The van der Waals surface area contributed by atoms with Crippen molar-refractivity contribution in [3.8, 4) is 11.3 Å². The van der Waals surface area contributed by atoms with E-state index >= 15 is 0 Å². The number of hydrogen-bond acceptors (Lipinski definition) is 2. The van der Waals surface area contributed by atoms with Gasteiger partial charge in [0.1, 0.15) is 0 Å². The van der Waals surface area contributed by atoms with Crippen LogP contribution in [-0.2, 0) is 36.4 Å². The van der Waals surface area contributed by atoms with Gasteiger partial charge < -0.3 is 10.6 Å². The average Bonchev–Trinajstić information content (AvgIpc) is 3.43. The summed E-state index contributed by atoms with van der Waals surface area (Å²) < 4.78 is 2.76. The first-order chi connectivity index (χ1) is 23.9. The van der Waals surface area contributed by atoms with E-state index in [1.165, 1.54) is 65.9 Å². The molecule has 1 aliphatic rings. The fourth-order valence-corrected chi connectivity index (χ4v) is 8.99. The van der Waals surface area contributed by atoms with Crippen LogP contribution in [0.15, 0.2) is 66.9 Å². The first-order valence-electron chi connectivity index (χ1n) is 19.0. The minimum Gasteiger partial charge on any atom is -0.675 e. The molecule has 4 aromatic carbocycles. The third kappa shape index (κ3) is 8.05.